The molecule has 0 aliphatic rings. The van der Waals surface area contributed by atoms with Gasteiger partial charge >= 0.3 is 0 Å². The maximum Gasteiger partial charge on any atom is 0.0582 e. The lowest BCUT2D eigenvalue weighted by molar-refractivity contribution is 0.770. The summed E-state index contributed by atoms with van der Waals surface area (Å²) in [4.78, 5) is 0. The second-order valence-electron chi connectivity index (χ2n) is 3.90. The van der Waals surface area contributed by atoms with E-state index in [4.69, 9.17) is 0 Å². The molecule has 18 heavy (non-hydrogen) atoms. The van der Waals surface area contributed by atoms with E-state index in [1.54, 1.807) is 0 Å². The smallest absolute Gasteiger partial charge is 0.0582 e. The minimum Gasteiger partial charge on any atom is -0.302 e. The van der Waals surface area contributed by atoms with E-state index in [-0.39, 0.29) is 0 Å². The van der Waals surface area contributed by atoms with Crippen molar-refractivity contribution < 1.29 is 0 Å². The Kier molecular flexibility index (Phi) is 5.01. The van der Waals surface area contributed by atoms with Gasteiger partial charge in [0.05, 0.1) is 6.54 Å². The normalized spacial score (nSPS) is 9.61. The minimum absolute atomic E-state index is 0.699. The highest BCUT2D eigenvalue weighted by molar-refractivity contribution is 9.10. The molecule has 2 rings (SSSR count). The minimum atomic E-state index is 0.699. The molecule has 0 saturated heterocycles. The van der Waals surface area contributed by atoms with E-state index in [0.717, 1.165) is 16.6 Å². The third-order valence-electron chi connectivity index (χ3n) is 2.46. The van der Waals surface area contributed by atoms with Gasteiger partial charge in [0, 0.05) is 16.6 Å². The van der Waals surface area contributed by atoms with Crippen molar-refractivity contribution in [2.45, 2.75) is 6.54 Å². The first kappa shape index (κ1) is 12.9. The predicted octanol–water partition coefficient (Wildman–Crippen LogP) is 3.59. The molecule has 0 saturated carbocycles. The Balaban J connectivity index is 1.77. The zero-order valence-corrected chi connectivity index (χ0v) is 11.6. The monoisotopic (exact) mass is 299 g/mol. The molecule has 2 aromatic carbocycles. The van der Waals surface area contributed by atoms with Gasteiger partial charge in [-0.3, -0.25) is 0 Å². The fourth-order valence-electron chi connectivity index (χ4n) is 1.54. The molecule has 2 aromatic rings. The zero-order valence-electron chi connectivity index (χ0n) is 9.99. The van der Waals surface area contributed by atoms with E-state index in [0.29, 0.717) is 6.54 Å². The lowest BCUT2D eigenvalue weighted by atomic mass is 10.2. The molecule has 1 N–H and O–H groups in total. The molecule has 1 nitrogen and oxygen atoms in total. The number of rotatable bonds is 3. The van der Waals surface area contributed by atoms with Crippen molar-refractivity contribution in [1.82, 2.24) is 5.32 Å². The van der Waals surface area contributed by atoms with Crippen molar-refractivity contribution in [3.63, 3.8) is 0 Å². The van der Waals surface area contributed by atoms with Gasteiger partial charge in [0.15, 0.2) is 0 Å². The third kappa shape index (κ3) is 4.37. The van der Waals surface area contributed by atoms with Gasteiger partial charge < -0.3 is 5.32 Å². The van der Waals surface area contributed by atoms with Gasteiger partial charge in [0.25, 0.3) is 0 Å². The Bertz CT molecular complexity index is 535. The second kappa shape index (κ2) is 7.00. The molecule has 0 heterocycles. The highest BCUT2D eigenvalue weighted by Gasteiger charge is 1.91. The summed E-state index contributed by atoms with van der Waals surface area (Å²) in [6.45, 7) is 1.54. The molecule has 0 radical (unpaired) electrons. The van der Waals surface area contributed by atoms with E-state index < -0.39 is 0 Å². The van der Waals surface area contributed by atoms with Crippen LogP contribution < -0.4 is 5.32 Å². The fourth-order valence-corrected chi connectivity index (χ4v) is 1.80. The Morgan fingerprint density at radius 1 is 0.944 bits per heavy atom. The van der Waals surface area contributed by atoms with Crippen LogP contribution in [0.5, 0.6) is 0 Å². The summed E-state index contributed by atoms with van der Waals surface area (Å²) in [6.07, 6.45) is 0. The number of nitrogens with one attached hydrogen (secondary N) is 1. The van der Waals surface area contributed by atoms with E-state index in [1.807, 2.05) is 42.5 Å². The summed E-state index contributed by atoms with van der Waals surface area (Å²) in [7, 11) is 0. The maximum atomic E-state index is 3.42. The number of halogens is 1. The second-order valence-corrected chi connectivity index (χ2v) is 4.81. The van der Waals surface area contributed by atoms with Crippen molar-refractivity contribution >= 4 is 15.9 Å². The first-order chi connectivity index (χ1) is 8.84. The van der Waals surface area contributed by atoms with Gasteiger partial charge in [-0.05, 0) is 29.8 Å². The molecule has 90 valence electrons. The molecule has 0 aliphatic heterocycles. The van der Waals surface area contributed by atoms with Crippen LogP contribution in [0.15, 0.2) is 59.1 Å². The topological polar surface area (TPSA) is 12.0 Å². The molecule has 0 aromatic heterocycles. The SMILES string of the molecule is Brc1ccc(CNCC#Cc2ccccc2)cc1. The third-order valence-corrected chi connectivity index (χ3v) is 2.99. The van der Waals surface area contributed by atoms with Crippen molar-refractivity contribution in [2.24, 2.45) is 0 Å². The average molecular weight is 300 g/mol. The van der Waals surface area contributed by atoms with Gasteiger partial charge in [0.2, 0.25) is 0 Å². The van der Waals surface area contributed by atoms with E-state index >= 15 is 0 Å². The first-order valence-corrected chi connectivity index (χ1v) is 6.63. The van der Waals surface area contributed by atoms with E-state index in [1.165, 1.54) is 5.56 Å². The lowest BCUT2D eigenvalue weighted by Crippen LogP contribution is -2.12. The number of hydrogen-bond acceptors (Lipinski definition) is 1. The fraction of sp³-hybridized carbons (Fsp3) is 0.125. The molecule has 2 heteroatoms. The Morgan fingerprint density at radius 2 is 1.67 bits per heavy atom. The molecule has 0 unspecified atom stereocenters. The Labute approximate surface area is 116 Å². The summed E-state index contributed by atoms with van der Waals surface area (Å²) in [5, 5.41) is 3.30. The quantitative estimate of drug-likeness (QED) is 0.675. The molecule has 0 fully saturated rings. The standard InChI is InChI=1S/C16H14BrN/c17-16-10-8-15(9-11-16)13-18-12-4-7-14-5-2-1-3-6-14/h1-3,5-6,8-11,18H,12-13H2. The van der Waals surface area contributed by atoms with Crippen LogP contribution in [0.4, 0.5) is 0 Å². The average Bonchev–Trinajstić information content (AvgIpc) is 2.42. The molecule has 0 bridgehead atoms. The van der Waals surface area contributed by atoms with Crippen LogP contribution >= 0.6 is 15.9 Å². The summed E-state index contributed by atoms with van der Waals surface area (Å²) in [6, 6.07) is 18.3. The summed E-state index contributed by atoms with van der Waals surface area (Å²) >= 11 is 3.42. The Morgan fingerprint density at radius 3 is 2.39 bits per heavy atom. The van der Waals surface area contributed by atoms with Crippen LogP contribution in [-0.2, 0) is 6.54 Å². The molecular weight excluding hydrogens is 286 g/mol. The molecular formula is C16H14BrN. The van der Waals surface area contributed by atoms with Crippen LogP contribution in [0.3, 0.4) is 0 Å². The maximum absolute atomic E-state index is 3.42. The van der Waals surface area contributed by atoms with Crippen LogP contribution in [0.25, 0.3) is 0 Å². The molecule has 0 amide bonds. The summed E-state index contributed by atoms with van der Waals surface area (Å²) in [5.74, 6) is 6.23. The lowest BCUT2D eigenvalue weighted by Gasteiger charge is -2.00. The van der Waals surface area contributed by atoms with Gasteiger partial charge in [-0.25, -0.2) is 0 Å². The van der Waals surface area contributed by atoms with Crippen molar-refractivity contribution in [2.75, 3.05) is 6.54 Å². The van der Waals surface area contributed by atoms with Crippen LogP contribution in [-0.4, -0.2) is 6.54 Å². The van der Waals surface area contributed by atoms with Crippen molar-refractivity contribution in [3.05, 3.63) is 70.2 Å². The van der Waals surface area contributed by atoms with Crippen molar-refractivity contribution in [3.8, 4) is 11.8 Å². The summed E-state index contributed by atoms with van der Waals surface area (Å²) in [5.41, 5.74) is 2.32. The highest BCUT2D eigenvalue weighted by Crippen LogP contribution is 2.09. The van der Waals surface area contributed by atoms with Crippen LogP contribution in [0.2, 0.25) is 0 Å². The van der Waals surface area contributed by atoms with Gasteiger partial charge in [-0.2, -0.15) is 0 Å². The Hall–Kier alpha value is -1.56. The van der Waals surface area contributed by atoms with Gasteiger partial charge in [-0.1, -0.05) is 58.1 Å². The number of hydrogen-bond donors (Lipinski definition) is 1. The number of benzene rings is 2. The first-order valence-electron chi connectivity index (χ1n) is 5.84. The van der Waals surface area contributed by atoms with Crippen LogP contribution in [0, 0.1) is 11.8 Å². The predicted molar refractivity (Wildman–Crippen MR) is 79.2 cm³/mol. The van der Waals surface area contributed by atoms with Gasteiger partial charge in [-0.15, -0.1) is 0 Å². The molecule has 0 spiro atoms. The van der Waals surface area contributed by atoms with E-state index in [9.17, 15) is 0 Å². The van der Waals surface area contributed by atoms with Crippen LogP contribution in [0.1, 0.15) is 11.1 Å². The van der Waals surface area contributed by atoms with E-state index in [2.05, 4.69) is 45.2 Å². The largest absolute Gasteiger partial charge is 0.302 e. The highest BCUT2D eigenvalue weighted by atomic mass is 79.9. The molecule has 0 aliphatic carbocycles. The summed E-state index contributed by atoms with van der Waals surface area (Å²) < 4.78 is 1.11. The van der Waals surface area contributed by atoms with Crippen molar-refractivity contribution in [1.29, 1.82) is 0 Å². The molecule has 0 atom stereocenters. The van der Waals surface area contributed by atoms with Gasteiger partial charge in [0.1, 0.15) is 0 Å². The zero-order chi connectivity index (χ0) is 12.6.